The van der Waals surface area contributed by atoms with Crippen molar-refractivity contribution in [2.75, 3.05) is 13.2 Å². The van der Waals surface area contributed by atoms with Crippen molar-refractivity contribution >= 4 is 17.9 Å². The number of hydrogen-bond donors (Lipinski definition) is 0. The Morgan fingerprint density at radius 1 is 0.241 bits per heavy atom. The molecule has 0 rings (SSSR count). The highest BCUT2D eigenvalue weighted by Crippen LogP contribution is 2.19. The molecule has 0 N–H and O–H groups in total. The summed E-state index contributed by atoms with van der Waals surface area (Å²) >= 11 is 0. The third-order valence-corrected chi connectivity index (χ3v) is 16.8. The number of carbonyl (C=O) groups is 3. The van der Waals surface area contributed by atoms with Crippen molar-refractivity contribution in [2.24, 2.45) is 0 Å². The van der Waals surface area contributed by atoms with Crippen LogP contribution in [-0.4, -0.2) is 37.2 Å². The Bertz CT molecular complexity index is 1430. The van der Waals surface area contributed by atoms with Crippen LogP contribution < -0.4 is 0 Å². The molecular formula is C77H142O6. The normalized spacial score (nSPS) is 12.3. The van der Waals surface area contributed by atoms with Crippen LogP contribution in [0.1, 0.15) is 406 Å². The summed E-state index contributed by atoms with van der Waals surface area (Å²) in [7, 11) is 0. The molecule has 0 spiro atoms. The second-order valence-corrected chi connectivity index (χ2v) is 25.2. The predicted octanol–water partition coefficient (Wildman–Crippen LogP) is 25.7. The van der Waals surface area contributed by atoms with Crippen molar-refractivity contribution in [3.63, 3.8) is 0 Å². The summed E-state index contributed by atoms with van der Waals surface area (Å²) < 4.78 is 17.0. The average molecular weight is 1160 g/mol. The molecule has 0 radical (unpaired) electrons. The number of unbranched alkanes of at least 4 members (excludes halogenated alkanes) is 50. The molecule has 0 aliphatic heterocycles. The van der Waals surface area contributed by atoms with Gasteiger partial charge in [0.2, 0.25) is 0 Å². The maximum absolute atomic E-state index is 13.0. The Kier molecular flexibility index (Phi) is 69.6. The molecule has 0 aliphatic carbocycles. The van der Waals surface area contributed by atoms with Gasteiger partial charge in [-0.25, -0.2) is 0 Å². The Hall–Kier alpha value is -2.63. The standard InChI is InChI=1S/C77H142O6/c1-4-7-10-13-16-19-22-25-28-30-32-34-35-36-37-38-39-40-41-43-44-46-49-52-55-58-61-64-67-70-76(79)82-73-74(72-81-75(78)69-66-63-60-57-54-51-48-27-24-21-18-15-12-9-6-3)83-77(80)71-68-65-62-59-56-53-50-47-45-42-33-31-29-26-23-20-17-14-11-8-5-2/h22-23,25-26,30-33,74H,4-21,24,27-29,34-73H2,1-3H3/b25-22-,26-23-,32-30-,33-31-. The van der Waals surface area contributed by atoms with Gasteiger partial charge in [-0.05, 0) is 83.5 Å². The minimum absolute atomic E-state index is 0.0691. The predicted molar refractivity (Wildman–Crippen MR) is 362 cm³/mol. The van der Waals surface area contributed by atoms with Crippen molar-refractivity contribution in [3.8, 4) is 0 Å². The van der Waals surface area contributed by atoms with Gasteiger partial charge in [-0.1, -0.05) is 352 Å². The van der Waals surface area contributed by atoms with Gasteiger partial charge in [-0.15, -0.1) is 0 Å². The van der Waals surface area contributed by atoms with E-state index in [4.69, 9.17) is 14.2 Å². The fourth-order valence-electron chi connectivity index (χ4n) is 11.2. The maximum atomic E-state index is 13.0. The van der Waals surface area contributed by atoms with E-state index in [1.807, 2.05) is 0 Å². The third-order valence-electron chi connectivity index (χ3n) is 16.8. The molecule has 6 nitrogen and oxygen atoms in total. The van der Waals surface area contributed by atoms with E-state index in [1.54, 1.807) is 0 Å². The molecule has 0 aromatic heterocycles. The quantitative estimate of drug-likeness (QED) is 0.0261. The number of allylic oxidation sites excluding steroid dienone is 8. The van der Waals surface area contributed by atoms with Crippen molar-refractivity contribution in [3.05, 3.63) is 48.6 Å². The van der Waals surface area contributed by atoms with Crippen molar-refractivity contribution in [1.82, 2.24) is 0 Å². The van der Waals surface area contributed by atoms with Crippen molar-refractivity contribution < 1.29 is 28.6 Å². The van der Waals surface area contributed by atoms with Crippen LogP contribution in [0.2, 0.25) is 0 Å². The molecule has 83 heavy (non-hydrogen) atoms. The topological polar surface area (TPSA) is 78.9 Å². The second kappa shape index (κ2) is 71.8. The zero-order valence-corrected chi connectivity index (χ0v) is 56.0. The molecule has 1 atom stereocenters. The number of hydrogen-bond acceptors (Lipinski definition) is 6. The molecule has 0 aromatic rings. The van der Waals surface area contributed by atoms with Crippen molar-refractivity contribution in [1.29, 1.82) is 0 Å². The Balaban J connectivity index is 4.23. The maximum Gasteiger partial charge on any atom is 0.306 e. The molecule has 0 aliphatic rings. The van der Waals surface area contributed by atoms with Crippen LogP contribution in [0.5, 0.6) is 0 Å². The van der Waals surface area contributed by atoms with Crippen LogP contribution >= 0.6 is 0 Å². The summed E-state index contributed by atoms with van der Waals surface area (Å²) in [5.41, 5.74) is 0. The largest absolute Gasteiger partial charge is 0.462 e. The molecule has 0 bridgehead atoms. The Morgan fingerprint density at radius 2 is 0.434 bits per heavy atom. The van der Waals surface area contributed by atoms with E-state index >= 15 is 0 Å². The highest BCUT2D eigenvalue weighted by molar-refractivity contribution is 5.71. The average Bonchev–Trinajstić information content (AvgIpc) is 3.49. The van der Waals surface area contributed by atoms with Crippen LogP contribution in [0.25, 0.3) is 0 Å². The lowest BCUT2D eigenvalue weighted by molar-refractivity contribution is -0.167. The second-order valence-electron chi connectivity index (χ2n) is 25.2. The van der Waals surface area contributed by atoms with Gasteiger partial charge < -0.3 is 14.2 Å². The molecule has 0 saturated carbocycles. The SMILES string of the molecule is CCCCCCC/C=C\C/C=C\CCCCCCCCCCCCCCCCCCCC(=O)OCC(COC(=O)CCCCCCCCCCCCCCCCC)OC(=O)CCCCCCCCCCC/C=C\C/C=C\CCCCCCC. The first-order valence-corrected chi connectivity index (χ1v) is 37.1. The van der Waals surface area contributed by atoms with Gasteiger partial charge in [0.25, 0.3) is 0 Å². The molecule has 486 valence electrons. The summed E-state index contributed by atoms with van der Waals surface area (Å²) in [4.78, 5) is 38.5. The molecule has 0 saturated heterocycles. The van der Waals surface area contributed by atoms with Gasteiger partial charge in [0.1, 0.15) is 13.2 Å². The molecule has 0 aromatic carbocycles. The van der Waals surface area contributed by atoms with Crippen LogP contribution in [0.15, 0.2) is 48.6 Å². The van der Waals surface area contributed by atoms with Crippen molar-refractivity contribution in [2.45, 2.75) is 412 Å². The first kappa shape index (κ1) is 80.4. The molecule has 6 heteroatoms. The lowest BCUT2D eigenvalue weighted by Crippen LogP contribution is -2.30. The van der Waals surface area contributed by atoms with Gasteiger partial charge in [0.05, 0.1) is 0 Å². The minimum Gasteiger partial charge on any atom is -0.462 e. The third kappa shape index (κ3) is 70.0. The highest BCUT2D eigenvalue weighted by Gasteiger charge is 2.19. The smallest absolute Gasteiger partial charge is 0.306 e. The zero-order chi connectivity index (χ0) is 59.9. The Morgan fingerprint density at radius 3 is 0.663 bits per heavy atom. The minimum atomic E-state index is -0.774. The van der Waals surface area contributed by atoms with E-state index in [-0.39, 0.29) is 31.1 Å². The summed E-state index contributed by atoms with van der Waals surface area (Å²) in [5.74, 6) is -0.843. The van der Waals surface area contributed by atoms with Crippen LogP contribution in [-0.2, 0) is 28.6 Å². The molecule has 1 unspecified atom stereocenters. The van der Waals surface area contributed by atoms with E-state index in [9.17, 15) is 14.4 Å². The molecular weight excluding hydrogens is 1020 g/mol. The van der Waals surface area contributed by atoms with E-state index in [1.165, 1.54) is 295 Å². The van der Waals surface area contributed by atoms with Gasteiger partial charge >= 0.3 is 17.9 Å². The van der Waals surface area contributed by atoms with E-state index in [0.29, 0.717) is 19.3 Å². The summed E-state index contributed by atoms with van der Waals surface area (Å²) in [6, 6.07) is 0. The number of carbonyl (C=O) groups excluding carboxylic acids is 3. The van der Waals surface area contributed by atoms with E-state index in [2.05, 4.69) is 69.4 Å². The van der Waals surface area contributed by atoms with Crippen LogP contribution in [0.4, 0.5) is 0 Å². The number of rotatable bonds is 69. The van der Waals surface area contributed by atoms with Crippen LogP contribution in [0, 0.1) is 0 Å². The summed E-state index contributed by atoms with van der Waals surface area (Å²) in [6.07, 6.45) is 91.5. The lowest BCUT2D eigenvalue weighted by Gasteiger charge is -2.18. The van der Waals surface area contributed by atoms with Gasteiger partial charge in [0, 0.05) is 19.3 Å². The van der Waals surface area contributed by atoms with E-state index in [0.717, 1.165) is 70.6 Å². The van der Waals surface area contributed by atoms with Gasteiger partial charge in [0.15, 0.2) is 6.10 Å². The first-order valence-electron chi connectivity index (χ1n) is 37.1. The zero-order valence-electron chi connectivity index (χ0n) is 56.0. The van der Waals surface area contributed by atoms with Gasteiger partial charge in [-0.3, -0.25) is 14.4 Å². The summed E-state index contributed by atoms with van der Waals surface area (Å²) in [6.45, 7) is 6.69. The monoisotopic (exact) mass is 1160 g/mol. The first-order chi connectivity index (χ1) is 41.0. The van der Waals surface area contributed by atoms with E-state index < -0.39 is 6.10 Å². The number of ether oxygens (including phenoxy) is 3. The molecule has 0 amide bonds. The fourth-order valence-corrected chi connectivity index (χ4v) is 11.2. The number of esters is 3. The lowest BCUT2D eigenvalue weighted by atomic mass is 10.0. The highest BCUT2D eigenvalue weighted by atomic mass is 16.6. The molecule has 0 heterocycles. The Labute approximate surface area is 518 Å². The fraction of sp³-hybridized carbons (Fsp3) is 0.857. The van der Waals surface area contributed by atoms with Gasteiger partial charge in [-0.2, -0.15) is 0 Å². The van der Waals surface area contributed by atoms with Crippen LogP contribution in [0.3, 0.4) is 0 Å². The molecule has 0 fully saturated rings. The summed E-state index contributed by atoms with van der Waals surface area (Å²) in [5, 5.41) is 0.